The fourth-order valence-electron chi connectivity index (χ4n) is 1.72. The Labute approximate surface area is 113 Å². The number of amides is 1. The number of carbonyl (C=O) groups excluding carboxylic acids is 1. The predicted octanol–water partition coefficient (Wildman–Crippen LogP) is 1.27. The van der Waals surface area contributed by atoms with E-state index in [1.54, 1.807) is 11.9 Å². The number of hydrogen-bond acceptors (Lipinski definition) is 3. The van der Waals surface area contributed by atoms with Crippen molar-refractivity contribution in [1.29, 1.82) is 0 Å². The minimum absolute atomic E-state index is 0.0397. The highest BCUT2D eigenvalue weighted by Gasteiger charge is 2.11. The Balaban J connectivity index is 2.36. The summed E-state index contributed by atoms with van der Waals surface area (Å²) in [6.45, 7) is 2.48. The van der Waals surface area contributed by atoms with Crippen molar-refractivity contribution in [3.63, 3.8) is 0 Å². The van der Waals surface area contributed by atoms with Gasteiger partial charge in [0, 0.05) is 6.54 Å². The lowest BCUT2D eigenvalue weighted by molar-refractivity contribution is -0.137. The fourth-order valence-corrected chi connectivity index (χ4v) is 1.72. The van der Waals surface area contributed by atoms with E-state index in [1.807, 2.05) is 37.3 Å². The van der Waals surface area contributed by atoms with Gasteiger partial charge in [-0.2, -0.15) is 0 Å². The topological polar surface area (TPSA) is 69.6 Å². The molecule has 0 heterocycles. The van der Waals surface area contributed by atoms with Crippen LogP contribution in [0.25, 0.3) is 0 Å². The summed E-state index contributed by atoms with van der Waals surface area (Å²) < 4.78 is 0. The largest absolute Gasteiger partial charge is 0.481 e. The predicted molar refractivity (Wildman–Crippen MR) is 72.7 cm³/mol. The molecule has 1 atom stereocenters. The third-order valence-electron chi connectivity index (χ3n) is 2.80. The number of nitrogens with zero attached hydrogens (tertiary/aromatic N) is 1. The molecule has 0 saturated carbocycles. The summed E-state index contributed by atoms with van der Waals surface area (Å²) in [5.74, 6) is -0.964. The lowest BCUT2D eigenvalue weighted by Crippen LogP contribution is -2.37. The van der Waals surface area contributed by atoms with Crippen LogP contribution in [0.3, 0.4) is 0 Å². The molecule has 0 spiro atoms. The van der Waals surface area contributed by atoms with E-state index >= 15 is 0 Å². The highest BCUT2D eigenvalue weighted by molar-refractivity contribution is 5.78. The van der Waals surface area contributed by atoms with Gasteiger partial charge < -0.3 is 10.4 Å². The van der Waals surface area contributed by atoms with Crippen molar-refractivity contribution >= 4 is 11.9 Å². The van der Waals surface area contributed by atoms with Gasteiger partial charge in [0.25, 0.3) is 0 Å². The van der Waals surface area contributed by atoms with Crippen molar-refractivity contribution < 1.29 is 14.7 Å². The Kier molecular flexibility index (Phi) is 6.02. The van der Waals surface area contributed by atoms with E-state index in [0.717, 1.165) is 5.56 Å². The van der Waals surface area contributed by atoms with Crippen LogP contribution in [-0.2, 0) is 9.59 Å². The summed E-state index contributed by atoms with van der Waals surface area (Å²) >= 11 is 0. The van der Waals surface area contributed by atoms with Crippen LogP contribution in [-0.4, -0.2) is 42.0 Å². The van der Waals surface area contributed by atoms with E-state index in [4.69, 9.17) is 5.11 Å². The second-order valence-electron chi connectivity index (χ2n) is 4.58. The van der Waals surface area contributed by atoms with Gasteiger partial charge in [-0.3, -0.25) is 14.5 Å². The molecule has 0 aromatic heterocycles. The highest BCUT2D eigenvalue weighted by Crippen LogP contribution is 2.10. The minimum Gasteiger partial charge on any atom is -0.481 e. The lowest BCUT2D eigenvalue weighted by atomic mass is 10.1. The molecule has 1 aromatic carbocycles. The number of carboxylic acids is 1. The molecule has 0 fully saturated rings. The Bertz CT molecular complexity index is 420. The van der Waals surface area contributed by atoms with E-state index in [-0.39, 0.29) is 24.9 Å². The van der Waals surface area contributed by atoms with E-state index in [9.17, 15) is 9.59 Å². The molecule has 0 bridgehead atoms. The molecule has 0 saturated heterocycles. The third kappa shape index (κ3) is 6.01. The molecule has 1 unspecified atom stereocenters. The maximum absolute atomic E-state index is 11.8. The van der Waals surface area contributed by atoms with Crippen molar-refractivity contribution in [1.82, 2.24) is 10.2 Å². The van der Waals surface area contributed by atoms with E-state index in [1.165, 1.54) is 0 Å². The zero-order chi connectivity index (χ0) is 14.3. The van der Waals surface area contributed by atoms with Gasteiger partial charge in [-0.05, 0) is 19.5 Å². The average molecular weight is 264 g/mol. The molecule has 5 nitrogen and oxygen atoms in total. The smallest absolute Gasteiger partial charge is 0.304 e. The number of rotatable bonds is 7. The van der Waals surface area contributed by atoms with Crippen LogP contribution in [0.5, 0.6) is 0 Å². The average Bonchev–Trinajstić information content (AvgIpc) is 2.37. The van der Waals surface area contributed by atoms with E-state index in [0.29, 0.717) is 6.54 Å². The quantitative estimate of drug-likeness (QED) is 0.778. The molecule has 1 rings (SSSR count). The summed E-state index contributed by atoms with van der Waals surface area (Å²) in [6.07, 6.45) is 0.0397. The number of carbonyl (C=O) groups is 2. The van der Waals surface area contributed by atoms with Crippen molar-refractivity contribution in [2.75, 3.05) is 20.1 Å². The standard InChI is InChI=1S/C14H20N2O3/c1-11(12-6-4-3-5-7-12)15-13(17)10-16(2)9-8-14(18)19/h3-7,11H,8-10H2,1-2H3,(H,15,17)(H,18,19). The molecule has 1 amide bonds. The summed E-state index contributed by atoms with van der Waals surface area (Å²) in [4.78, 5) is 23.9. The maximum Gasteiger partial charge on any atom is 0.304 e. The molecule has 5 heteroatoms. The van der Waals surface area contributed by atoms with Crippen LogP contribution in [0, 0.1) is 0 Å². The molecule has 0 radical (unpaired) electrons. The van der Waals surface area contributed by atoms with Gasteiger partial charge in [0.05, 0.1) is 19.0 Å². The number of likely N-dealkylation sites (N-methyl/N-ethyl adjacent to an activating group) is 1. The summed E-state index contributed by atoms with van der Waals surface area (Å²) in [7, 11) is 1.73. The molecule has 1 aromatic rings. The van der Waals surface area contributed by atoms with Crippen molar-refractivity contribution in [2.24, 2.45) is 0 Å². The number of benzene rings is 1. The second kappa shape index (κ2) is 7.53. The maximum atomic E-state index is 11.8. The summed E-state index contributed by atoms with van der Waals surface area (Å²) in [5.41, 5.74) is 1.05. The second-order valence-corrected chi connectivity index (χ2v) is 4.58. The monoisotopic (exact) mass is 264 g/mol. The summed E-state index contributed by atoms with van der Waals surface area (Å²) in [5, 5.41) is 11.5. The van der Waals surface area contributed by atoms with Gasteiger partial charge in [-0.1, -0.05) is 30.3 Å². The Morgan fingerprint density at radius 2 is 1.95 bits per heavy atom. The minimum atomic E-state index is -0.857. The van der Waals surface area contributed by atoms with Crippen LogP contribution in [0.2, 0.25) is 0 Å². The molecule has 19 heavy (non-hydrogen) atoms. The number of hydrogen-bond donors (Lipinski definition) is 2. The van der Waals surface area contributed by atoms with Gasteiger partial charge in [-0.15, -0.1) is 0 Å². The number of aliphatic carboxylic acids is 1. The van der Waals surface area contributed by atoms with Crippen LogP contribution in [0.1, 0.15) is 24.9 Å². The SMILES string of the molecule is CC(NC(=O)CN(C)CCC(=O)O)c1ccccc1. The van der Waals surface area contributed by atoms with Gasteiger partial charge >= 0.3 is 5.97 Å². The number of nitrogens with one attached hydrogen (secondary N) is 1. The first-order valence-electron chi connectivity index (χ1n) is 6.23. The molecular formula is C14H20N2O3. The number of carboxylic acid groups (broad SMARTS) is 1. The van der Waals surface area contributed by atoms with Crippen LogP contribution >= 0.6 is 0 Å². The third-order valence-corrected chi connectivity index (χ3v) is 2.80. The van der Waals surface area contributed by atoms with Crippen molar-refractivity contribution in [3.05, 3.63) is 35.9 Å². The lowest BCUT2D eigenvalue weighted by Gasteiger charge is -2.18. The van der Waals surface area contributed by atoms with Gasteiger partial charge in [0.15, 0.2) is 0 Å². The molecule has 0 aliphatic heterocycles. The summed E-state index contributed by atoms with van der Waals surface area (Å²) in [6, 6.07) is 9.64. The van der Waals surface area contributed by atoms with Crippen LogP contribution in [0.15, 0.2) is 30.3 Å². The van der Waals surface area contributed by atoms with Gasteiger partial charge in [0.2, 0.25) is 5.91 Å². The van der Waals surface area contributed by atoms with E-state index in [2.05, 4.69) is 5.32 Å². The van der Waals surface area contributed by atoms with Gasteiger partial charge in [-0.25, -0.2) is 0 Å². The molecule has 2 N–H and O–H groups in total. The highest BCUT2D eigenvalue weighted by atomic mass is 16.4. The zero-order valence-corrected chi connectivity index (χ0v) is 11.3. The first-order chi connectivity index (χ1) is 8.99. The first kappa shape index (κ1) is 15.2. The fraction of sp³-hybridized carbons (Fsp3) is 0.429. The van der Waals surface area contributed by atoms with E-state index < -0.39 is 5.97 Å². The van der Waals surface area contributed by atoms with Crippen molar-refractivity contribution in [3.8, 4) is 0 Å². The van der Waals surface area contributed by atoms with Gasteiger partial charge in [0.1, 0.15) is 0 Å². The Hall–Kier alpha value is -1.88. The molecule has 104 valence electrons. The molecule has 0 aliphatic carbocycles. The van der Waals surface area contributed by atoms with Crippen LogP contribution < -0.4 is 5.32 Å². The van der Waals surface area contributed by atoms with Crippen LogP contribution in [0.4, 0.5) is 0 Å². The molecule has 0 aliphatic rings. The normalized spacial score (nSPS) is 12.2. The van der Waals surface area contributed by atoms with Crippen molar-refractivity contribution in [2.45, 2.75) is 19.4 Å². The zero-order valence-electron chi connectivity index (χ0n) is 11.3. The Morgan fingerprint density at radius 1 is 1.32 bits per heavy atom. The molecular weight excluding hydrogens is 244 g/mol. The first-order valence-corrected chi connectivity index (χ1v) is 6.23. The Morgan fingerprint density at radius 3 is 2.53 bits per heavy atom.